The van der Waals surface area contributed by atoms with Gasteiger partial charge in [-0.15, -0.1) is 11.3 Å². The first kappa shape index (κ1) is 21.5. The third kappa shape index (κ3) is 4.92. The molecule has 32 heavy (non-hydrogen) atoms. The largest absolute Gasteiger partial charge is 0.508 e. The molecule has 0 amide bonds. The summed E-state index contributed by atoms with van der Waals surface area (Å²) < 4.78 is 16.6. The number of carbonyl (C=O) groups excluding carboxylic acids is 1. The Labute approximate surface area is 190 Å². The first-order valence-corrected chi connectivity index (χ1v) is 10.8. The second kappa shape index (κ2) is 9.58. The zero-order chi connectivity index (χ0) is 22.5. The van der Waals surface area contributed by atoms with Crippen LogP contribution in [0.5, 0.6) is 23.0 Å². The molecule has 0 bridgehead atoms. The van der Waals surface area contributed by atoms with Gasteiger partial charge >= 0.3 is 0 Å². The highest BCUT2D eigenvalue weighted by Crippen LogP contribution is 2.32. The van der Waals surface area contributed by atoms with E-state index in [1.54, 1.807) is 32.4 Å². The molecule has 6 heteroatoms. The van der Waals surface area contributed by atoms with Crippen molar-refractivity contribution >= 4 is 17.1 Å². The number of carbonyl (C=O) groups is 1. The number of benzene rings is 3. The molecule has 0 aliphatic carbocycles. The SMILES string of the molecule is COc1cc(COc2cccc(-c3ccc(C(=O)c4cccc(O)c4)s3)c2)cc(OC)c1. The molecule has 3 aromatic carbocycles. The molecule has 0 spiro atoms. The summed E-state index contributed by atoms with van der Waals surface area (Å²) in [7, 11) is 3.23. The summed E-state index contributed by atoms with van der Waals surface area (Å²) in [6.45, 7) is 0.364. The maximum atomic E-state index is 12.7. The van der Waals surface area contributed by atoms with Crippen LogP contribution < -0.4 is 14.2 Å². The molecule has 4 rings (SSSR count). The second-order valence-corrected chi connectivity index (χ2v) is 8.16. The summed E-state index contributed by atoms with van der Waals surface area (Å²) in [6.07, 6.45) is 0. The number of phenolic OH excluding ortho intramolecular Hbond substituents is 1. The number of ether oxygens (including phenoxy) is 3. The number of methoxy groups -OCH3 is 2. The van der Waals surface area contributed by atoms with Gasteiger partial charge in [0.2, 0.25) is 5.78 Å². The van der Waals surface area contributed by atoms with Crippen molar-refractivity contribution in [3.8, 4) is 33.4 Å². The Morgan fingerprint density at radius 1 is 0.844 bits per heavy atom. The number of hydrogen-bond donors (Lipinski definition) is 1. The molecule has 4 aromatic rings. The molecule has 0 fully saturated rings. The van der Waals surface area contributed by atoms with E-state index in [2.05, 4.69) is 0 Å². The Morgan fingerprint density at radius 2 is 1.59 bits per heavy atom. The molecule has 1 heterocycles. The molecule has 1 N–H and O–H groups in total. The van der Waals surface area contributed by atoms with Crippen molar-refractivity contribution < 1.29 is 24.1 Å². The molecule has 0 aliphatic heterocycles. The van der Waals surface area contributed by atoms with E-state index in [1.807, 2.05) is 54.6 Å². The van der Waals surface area contributed by atoms with Crippen molar-refractivity contribution in [2.45, 2.75) is 6.61 Å². The lowest BCUT2D eigenvalue weighted by atomic mass is 10.1. The van der Waals surface area contributed by atoms with Crippen LogP contribution in [-0.4, -0.2) is 25.1 Å². The van der Waals surface area contributed by atoms with Crippen molar-refractivity contribution in [3.05, 3.63) is 94.9 Å². The molecule has 162 valence electrons. The summed E-state index contributed by atoms with van der Waals surface area (Å²) in [6, 6.07) is 23.5. The molecule has 5 nitrogen and oxygen atoms in total. The molecule has 0 saturated heterocycles. The van der Waals surface area contributed by atoms with Crippen molar-refractivity contribution in [3.63, 3.8) is 0 Å². The van der Waals surface area contributed by atoms with Crippen LogP contribution in [0.25, 0.3) is 10.4 Å². The van der Waals surface area contributed by atoms with Gasteiger partial charge in [0.25, 0.3) is 0 Å². The fourth-order valence-electron chi connectivity index (χ4n) is 3.26. The molecular formula is C26H22O5S. The topological polar surface area (TPSA) is 65.0 Å². The van der Waals surface area contributed by atoms with E-state index in [0.29, 0.717) is 28.5 Å². The molecule has 0 unspecified atom stereocenters. The fraction of sp³-hybridized carbons (Fsp3) is 0.115. The van der Waals surface area contributed by atoms with Gasteiger partial charge in [0.15, 0.2) is 0 Å². The molecule has 0 atom stereocenters. The Bertz CT molecular complexity index is 1220. The average molecular weight is 447 g/mol. The summed E-state index contributed by atoms with van der Waals surface area (Å²) in [5, 5.41) is 9.64. The maximum absolute atomic E-state index is 12.7. The first-order valence-electron chi connectivity index (χ1n) is 9.94. The van der Waals surface area contributed by atoms with Gasteiger partial charge in [-0.2, -0.15) is 0 Å². The minimum atomic E-state index is -0.114. The number of thiophene rings is 1. The number of rotatable bonds is 8. The summed E-state index contributed by atoms with van der Waals surface area (Å²) in [4.78, 5) is 14.3. The van der Waals surface area contributed by atoms with Gasteiger partial charge in [-0.25, -0.2) is 0 Å². The Morgan fingerprint density at radius 3 is 2.31 bits per heavy atom. The van der Waals surface area contributed by atoms with Gasteiger partial charge in [0.05, 0.1) is 19.1 Å². The minimum Gasteiger partial charge on any atom is -0.508 e. The first-order chi connectivity index (χ1) is 15.6. The van der Waals surface area contributed by atoms with E-state index in [9.17, 15) is 9.90 Å². The van der Waals surface area contributed by atoms with Crippen LogP contribution in [0.2, 0.25) is 0 Å². The van der Waals surface area contributed by atoms with Crippen LogP contribution in [-0.2, 0) is 6.61 Å². The van der Waals surface area contributed by atoms with E-state index < -0.39 is 0 Å². The predicted molar refractivity (Wildman–Crippen MR) is 125 cm³/mol. The third-order valence-corrected chi connectivity index (χ3v) is 6.01. The van der Waals surface area contributed by atoms with Crippen LogP contribution in [0.4, 0.5) is 0 Å². The highest BCUT2D eigenvalue weighted by Gasteiger charge is 2.13. The van der Waals surface area contributed by atoms with Crippen molar-refractivity contribution in [1.29, 1.82) is 0 Å². The average Bonchev–Trinajstić information content (AvgIpc) is 3.32. The maximum Gasteiger partial charge on any atom is 0.203 e. The van der Waals surface area contributed by atoms with E-state index in [-0.39, 0.29) is 11.5 Å². The predicted octanol–water partition coefficient (Wildman–Crippen LogP) is 5.95. The van der Waals surface area contributed by atoms with Gasteiger partial charge in [-0.05, 0) is 59.7 Å². The summed E-state index contributed by atoms with van der Waals surface area (Å²) >= 11 is 1.41. The lowest BCUT2D eigenvalue weighted by Crippen LogP contribution is -1.97. The third-order valence-electron chi connectivity index (χ3n) is 4.87. The monoisotopic (exact) mass is 446 g/mol. The standard InChI is InChI=1S/C26H22O5S/c1-29-22-11-17(12-23(15-22)30-2)16-31-21-8-4-5-18(14-21)24-9-10-25(32-24)26(28)19-6-3-7-20(27)13-19/h3-15,27H,16H2,1-2H3. The van der Waals surface area contributed by atoms with E-state index in [1.165, 1.54) is 17.4 Å². The highest BCUT2D eigenvalue weighted by molar-refractivity contribution is 7.17. The van der Waals surface area contributed by atoms with Gasteiger partial charge < -0.3 is 19.3 Å². The summed E-state index contributed by atoms with van der Waals surface area (Å²) in [5.74, 6) is 2.10. The normalized spacial score (nSPS) is 10.6. The van der Waals surface area contributed by atoms with E-state index in [4.69, 9.17) is 14.2 Å². The number of ketones is 1. The van der Waals surface area contributed by atoms with Crippen LogP contribution >= 0.6 is 11.3 Å². The van der Waals surface area contributed by atoms with E-state index in [0.717, 1.165) is 21.8 Å². The minimum absolute atomic E-state index is 0.0751. The van der Waals surface area contributed by atoms with Crippen LogP contribution in [0.15, 0.2) is 78.9 Å². The Kier molecular flexibility index (Phi) is 6.42. The highest BCUT2D eigenvalue weighted by atomic mass is 32.1. The molecule has 1 aromatic heterocycles. The number of hydrogen-bond acceptors (Lipinski definition) is 6. The Hall–Kier alpha value is -3.77. The summed E-state index contributed by atoms with van der Waals surface area (Å²) in [5.41, 5.74) is 2.36. The lowest BCUT2D eigenvalue weighted by Gasteiger charge is -2.10. The molecule has 0 aliphatic rings. The molecule has 0 radical (unpaired) electrons. The Balaban J connectivity index is 1.50. The van der Waals surface area contributed by atoms with Crippen molar-refractivity contribution in [1.82, 2.24) is 0 Å². The molecular weight excluding hydrogens is 424 g/mol. The zero-order valence-corrected chi connectivity index (χ0v) is 18.5. The van der Waals surface area contributed by atoms with Crippen LogP contribution in [0, 0.1) is 0 Å². The van der Waals surface area contributed by atoms with Crippen LogP contribution in [0.1, 0.15) is 20.8 Å². The van der Waals surface area contributed by atoms with Crippen LogP contribution in [0.3, 0.4) is 0 Å². The molecule has 0 saturated carbocycles. The van der Waals surface area contributed by atoms with Gasteiger partial charge in [-0.1, -0.05) is 24.3 Å². The van der Waals surface area contributed by atoms with E-state index >= 15 is 0 Å². The van der Waals surface area contributed by atoms with Gasteiger partial charge in [0.1, 0.15) is 29.6 Å². The second-order valence-electron chi connectivity index (χ2n) is 7.08. The fourth-order valence-corrected chi connectivity index (χ4v) is 4.22. The number of aromatic hydroxyl groups is 1. The zero-order valence-electron chi connectivity index (χ0n) is 17.7. The van der Waals surface area contributed by atoms with Gasteiger partial charge in [0, 0.05) is 16.5 Å². The van der Waals surface area contributed by atoms with Gasteiger partial charge in [-0.3, -0.25) is 4.79 Å². The lowest BCUT2D eigenvalue weighted by molar-refractivity contribution is 0.104. The van der Waals surface area contributed by atoms with Crippen molar-refractivity contribution in [2.24, 2.45) is 0 Å². The quantitative estimate of drug-likeness (QED) is 0.339. The number of phenols is 1. The smallest absolute Gasteiger partial charge is 0.203 e. The van der Waals surface area contributed by atoms with Crippen molar-refractivity contribution in [2.75, 3.05) is 14.2 Å².